The number of carbonyl (C=O) groups excluding carboxylic acids is 2. The summed E-state index contributed by atoms with van der Waals surface area (Å²) in [6.07, 6.45) is 0. The van der Waals surface area contributed by atoms with Gasteiger partial charge in [0.25, 0.3) is 0 Å². The molecule has 120 valence electrons. The normalized spacial score (nSPS) is 10.2. The van der Waals surface area contributed by atoms with Crippen molar-refractivity contribution in [2.45, 2.75) is 18.7 Å². The van der Waals surface area contributed by atoms with E-state index in [1.165, 1.54) is 18.7 Å². The highest BCUT2D eigenvalue weighted by atomic mass is 35.5. The van der Waals surface area contributed by atoms with E-state index in [9.17, 15) is 9.59 Å². The zero-order chi connectivity index (χ0) is 16.8. The summed E-state index contributed by atoms with van der Waals surface area (Å²) in [7, 11) is 0. The van der Waals surface area contributed by atoms with Gasteiger partial charge in [-0.2, -0.15) is 0 Å². The van der Waals surface area contributed by atoms with Crippen molar-refractivity contribution >= 4 is 46.6 Å². The molecular formula is C17H17ClN2O2S. The number of amides is 2. The van der Waals surface area contributed by atoms with Gasteiger partial charge in [-0.25, -0.2) is 0 Å². The maximum absolute atomic E-state index is 12.1. The van der Waals surface area contributed by atoms with Crippen LogP contribution in [-0.2, 0) is 9.59 Å². The molecule has 2 aromatic carbocycles. The van der Waals surface area contributed by atoms with E-state index in [0.717, 1.165) is 16.1 Å². The van der Waals surface area contributed by atoms with E-state index < -0.39 is 0 Å². The van der Waals surface area contributed by atoms with E-state index >= 15 is 0 Å². The lowest BCUT2D eigenvalue weighted by molar-refractivity contribution is -0.114. The van der Waals surface area contributed by atoms with Gasteiger partial charge in [-0.1, -0.05) is 23.7 Å². The maximum atomic E-state index is 12.1. The van der Waals surface area contributed by atoms with Gasteiger partial charge < -0.3 is 10.6 Å². The van der Waals surface area contributed by atoms with E-state index in [-0.39, 0.29) is 17.6 Å². The smallest absolute Gasteiger partial charge is 0.234 e. The predicted octanol–water partition coefficient (Wildman–Crippen LogP) is 4.34. The maximum Gasteiger partial charge on any atom is 0.234 e. The summed E-state index contributed by atoms with van der Waals surface area (Å²) in [5, 5.41) is 6.20. The first-order valence-corrected chi connectivity index (χ1v) is 8.37. The summed E-state index contributed by atoms with van der Waals surface area (Å²) >= 11 is 7.44. The molecule has 0 spiro atoms. The van der Waals surface area contributed by atoms with Gasteiger partial charge in [-0.15, -0.1) is 11.8 Å². The summed E-state index contributed by atoms with van der Waals surface area (Å²) in [5.41, 5.74) is 2.28. The van der Waals surface area contributed by atoms with Crippen LogP contribution in [0, 0.1) is 6.92 Å². The largest absolute Gasteiger partial charge is 0.326 e. The Kier molecular flexibility index (Phi) is 6.07. The van der Waals surface area contributed by atoms with E-state index in [1.807, 2.05) is 31.2 Å². The van der Waals surface area contributed by atoms with Crippen molar-refractivity contribution in [2.24, 2.45) is 0 Å². The fourth-order valence-electron chi connectivity index (χ4n) is 1.94. The number of thioether (sulfide) groups is 1. The average Bonchev–Trinajstić information content (AvgIpc) is 2.50. The van der Waals surface area contributed by atoms with E-state index in [0.29, 0.717) is 10.7 Å². The molecule has 0 aliphatic carbocycles. The lowest BCUT2D eigenvalue weighted by Crippen LogP contribution is -2.14. The van der Waals surface area contributed by atoms with Crippen LogP contribution in [0.5, 0.6) is 0 Å². The molecule has 2 N–H and O–H groups in total. The van der Waals surface area contributed by atoms with Crippen molar-refractivity contribution in [2.75, 3.05) is 16.4 Å². The predicted molar refractivity (Wildman–Crippen MR) is 96.3 cm³/mol. The van der Waals surface area contributed by atoms with Gasteiger partial charge in [0.15, 0.2) is 0 Å². The molecule has 0 radical (unpaired) electrons. The lowest BCUT2D eigenvalue weighted by atomic mass is 10.2. The molecular weight excluding hydrogens is 332 g/mol. The first kappa shape index (κ1) is 17.4. The zero-order valence-electron chi connectivity index (χ0n) is 12.9. The third-order valence-corrected chi connectivity index (χ3v) is 4.47. The summed E-state index contributed by atoms with van der Waals surface area (Å²) < 4.78 is 0. The Morgan fingerprint density at radius 1 is 1.13 bits per heavy atom. The molecule has 0 saturated heterocycles. The number of benzene rings is 2. The molecule has 0 aromatic heterocycles. The fourth-order valence-corrected chi connectivity index (χ4v) is 2.87. The second-order valence-corrected chi connectivity index (χ2v) is 6.41. The quantitative estimate of drug-likeness (QED) is 0.790. The second-order valence-electron chi connectivity index (χ2n) is 4.96. The average molecular weight is 349 g/mol. The molecule has 2 rings (SSSR count). The molecule has 4 nitrogen and oxygen atoms in total. The summed E-state index contributed by atoms with van der Waals surface area (Å²) in [6.45, 7) is 3.32. The molecule has 6 heteroatoms. The van der Waals surface area contributed by atoms with E-state index in [2.05, 4.69) is 10.6 Å². The van der Waals surface area contributed by atoms with Crippen molar-refractivity contribution in [3.8, 4) is 0 Å². The number of nitrogens with one attached hydrogen (secondary N) is 2. The van der Waals surface area contributed by atoms with Crippen molar-refractivity contribution in [1.82, 2.24) is 0 Å². The molecule has 0 saturated carbocycles. The Bertz CT molecular complexity index is 734. The number of rotatable bonds is 5. The fraction of sp³-hybridized carbons (Fsp3) is 0.176. The van der Waals surface area contributed by atoms with Gasteiger partial charge in [0.2, 0.25) is 11.8 Å². The molecule has 0 fully saturated rings. The highest BCUT2D eigenvalue weighted by Crippen LogP contribution is 2.24. The first-order valence-electron chi connectivity index (χ1n) is 7.01. The van der Waals surface area contributed by atoms with E-state index in [4.69, 9.17) is 11.6 Å². The Balaban J connectivity index is 1.94. The Hall–Kier alpha value is -1.98. The van der Waals surface area contributed by atoms with Crippen molar-refractivity contribution in [3.05, 3.63) is 53.1 Å². The number of hydrogen-bond donors (Lipinski definition) is 2. The first-order chi connectivity index (χ1) is 11.0. The molecule has 0 aliphatic heterocycles. The van der Waals surface area contributed by atoms with Gasteiger partial charge in [0, 0.05) is 28.2 Å². The highest BCUT2D eigenvalue weighted by Gasteiger charge is 2.08. The summed E-state index contributed by atoms with van der Waals surface area (Å²) in [5.74, 6) is 0.0433. The third kappa shape index (κ3) is 5.30. The molecule has 2 aromatic rings. The van der Waals surface area contributed by atoms with Crippen LogP contribution in [0.25, 0.3) is 0 Å². The van der Waals surface area contributed by atoms with Crippen LogP contribution in [0.3, 0.4) is 0 Å². The Morgan fingerprint density at radius 3 is 2.61 bits per heavy atom. The van der Waals surface area contributed by atoms with Crippen LogP contribution in [0.15, 0.2) is 47.4 Å². The molecule has 0 unspecified atom stereocenters. The third-order valence-electron chi connectivity index (χ3n) is 3.07. The number of carbonyl (C=O) groups is 2. The van der Waals surface area contributed by atoms with Crippen LogP contribution in [0.4, 0.5) is 11.4 Å². The van der Waals surface area contributed by atoms with Crippen LogP contribution >= 0.6 is 23.4 Å². The minimum absolute atomic E-state index is 0.106. The Labute approximate surface area is 144 Å². The number of hydrogen-bond acceptors (Lipinski definition) is 3. The van der Waals surface area contributed by atoms with Gasteiger partial charge in [-0.3, -0.25) is 9.59 Å². The number of anilines is 2. The zero-order valence-corrected chi connectivity index (χ0v) is 14.4. The van der Waals surface area contributed by atoms with Crippen molar-refractivity contribution in [1.29, 1.82) is 0 Å². The SMILES string of the molecule is CC(=O)Nc1cccc(SCC(=O)Nc2cccc(Cl)c2C)c1. The monoisotopic (exact) mass is 348 g/mol. The molecule has 0 bridgehead atoms. The number of halogens is 1. The Morgan fingerprint density at radius 2 is 1.87 bits per heavy atom. The minimum atomic E-state index is -0.124. The van der Waals surface area contributed by atoms with Gasteiger partial charge >= 0.3 is 0 Å². The summed E-state index contributed by atoms with van der Waals surface area (Å²) in [6, 6.07) is 12.8. The molecule has 0 aliphatic rings. The lowest BCUT2D eigenvalue weighted by Gasteiger charge is -2.10. The molecule has 0 atom stereocenters. The van der Waals surface area contributed by atoms with Gasteiger partial charge in [0.1, 0.15) is 0 Å². The van der Waals surface area contributed by atoms with E-state index in [1.54, 1.807) is 18.2 Å². The van der Waals surface area contributed by atoms with Crippen LogP contribution in [-0.4, -0.2) is 17.6 Å². The molecule has 23 heavy (non-hydrogen) atoms. The van der Waals surface area contributed by atoms with Crippen LogP contribution < -0.4 is 10.6 Å². The van der Waals surface area contributed by atoms with Crippen molar-refractivity contribution in [3.63, 3.8) is 0 Å². The molecule has 2 amide bonds. The molecule has 0 heterocycles. The van der Waals surface area contributed by atoms with Gasteiger partial charge in [-0.05, 0) is 42.8 Å². The topological polar surface area (TPSA) is 58.2 Å². The minimum Gasteiger partial charge on any atom is -0.326 e. The second kappa shape index (κ2) is 8.04. The van der Waals surface area contributed by atoms with Crippen LogP contribution in [0.1, 0.15) is 12.5 Å². The standard InChI is InChI=1S/C17H17ClN2O2S/c1-11-15(18)7-4-8-16(11)20-17(22)10-23-14-6-3-5-13(9-14)19-12(2)21/h3-9H,10H2,1-2H3,(H,19,21)(H,20,22). The van der Waals surface area contributed by atoms with Gasteiger partial charge in [0.05, 0.1) is 5.75 Å². The highest BCUT2D eigenvalue weighted by molar-refractivity contribution is 8.00. The van der Waals surface area contributed by atoms with Crippen LogP contribution in [0.2, 0.25) is 5.02 Å². The van der Waals surface area contributed by atoms with Crippen molar-refractivity contribution < 1.29 is 9.59 Å². The summed E-state index contributed by atoms with van der Waals surface area (Å²) in [4.78, 5) is 24.0.